The number of hydrogen-bond acceptors (Lipinski definition) is 6. The number of carbonyl (C=O) groups excluding carboxylic acids is 3. The fourth-order valence-electron chi connectivity index (χ4n) is 10.2. The number of carbonyl (C=O) groups is 3. The molecule has 468 valence electrons. The molecule has 0 aromatic carbocycles. The molecular formula is C75H132O6. The van der Waals surface area contributed by atoms with Gasteiger partial charge in [0.1, 0.15) is 13.2 Å². The molecule has 1 atom stereocenters. The third-order valence-electron chi connectivity index (χ3n) is 15.4. The Bertz CT molecular complexity index is 1530. The maximum absolute atomic E-state index is 13.0. The van der Waals surface area contributed by atoms with Gasteiger partial charge in [0, 0.05) is 19.3 Å². The van der Waals surface area contributed by atoms with Crippen molar-refractivity contribution in [3.63, 3.8) is 0 Å². The number of hydrogen-bond donors (Lipinski definition) is 0. The molecule has 0 radical (unpaired) electrons. The van der Waals surface area contributed by atoms with Crippen LogP contribution in [0.25, 0.3) is 0 Å². The Kier molecular flexibility index (Phi) is 66.2. The molecule has 0 fully saturated rings. The molecule has 0 aliphatic carbocycles. The summed E-state index contributed by atoms with van der Waals surface area (Å²) in [5, 5.41) is 0. The Morgan fingerprint density at radius 2 is 0.481 bits per heavy atom. The third kappa shape index (κ3) is 67.3. The zero-order valence-electron chi connectivity index (χ0n) is 53.8. The van der Waals surface area contributed by atoms with Crippen LogP contribution >= 0.6 is 0 Å². The minimum absolute atomic E-state index is 0.0838. The minimum atomic E-state index is -0.791. The summed E-state index contributed by atoms with van der Waals surface area (Å²) in [5.41, 5.74) is 0. The lowest BCUT2D eigenvalue weighted by Crippen LogP contribution is -2.30. The molecule has 0 aliphatic heterocycles. The van der Waals surface area contributed by atoms with E-state index in [2.05, 4.69) is 106 Å². The lowest BCUT2D eigenvalue weighted by Gasteiger charge is -2.18. The summed E-state index contributed by atoms with van der Waals surface area (Å²) < 4.78 is 17.0. The van der Waals surface area contributed by atoms with Gasteiger partial charge in [-0.25, -0.2) is 0 Å². The first kappa shape index (κ1) is 77.6. The largest absolute Gasteiger partial charge is 0.462 e. The minimum Gasteiger partial charge on any atom is -0.462 e. The molecule has 0 aliphatic rings. The quantitative estimate of drug-likeness (QED) is 0.0261. The topological polar surface area (TPSA) is 78.9 Å². The molecule has 0 amide bonds. The number of ether oxygens (including phenoxy) is 3. The lowest BCUT2D eigenvalue weighted by atomic mass is 10.0. The van der Waals surface area contributed by atoms with Gasteiger partial charge in [0.25, 0.3) is 0 Å². The zero-order valence-corrected chi connectivity index (χ0v) is 53.8. The van der Waals surface area contributed by atoms with Crippen LogP contribution in [0.1, 0.15) is 355 Å². The van der Waals surface area contributed by atoms with Gasteiger partial charge >= 0.3 is 17.9 Å². The van der Waals surface area contributed by atoms with Gasteiger partial charge in [-0.15, -0.1) is 0 Å². The Labute approximate surface area is 503 Å². The van der Waals surface area contributed by atoms with Crippen molar-refractivity contribution < 1.29 is 28.6 Å². The summed E-state index contributed by atoms with van der Waals surface area (Å²) in [4.78, 5) is 38.5. The summed E-state index contributed by atoms with van der Waals surface area (Å²) in [5.74, 6) is -0.892. The average Bonchev–Trinajstić information content (AvgIpc) is 3.47. The monoisotopic (exact) mass is 1130 g/mol. The second-order valence-corrected chi connectivity index (χ2v) is 23.4. The van der Waals surface area contributed by atoms with E-state index in [0.717, 1.165) is 116 Å². The Balaban J connectivity index is 4.39. The molecule has 6 heteroatoms. The molecule has 81 heavy (non-hydrogen) atoms. The van der Waals surface area contributed by atoms with Gasteiger partial charge in [0.2, 0.25) is 0 Å². The van der Waals surface area contributed by atoms with Crippen molar-refractivity contribution in [2.24, 2.45) is 0 Å². The van der Waals surface area contributed by atoms with Gasteiger partial charge in [-0.05, 0) is 96.3 Å². The molecule has 6 nitrogen and oxygen atoms in total. The number of allylic oxidation sites excluding steroid dienone is 14. The summed E-state index contributed by atoms with van der Waals surface area (Å²) >= 11 is 0. The number of rotatable bonds is 64. The third-order valence-corrected chi connectivity index (χ3v) is 15.4. The summed E-state index contributed by atoms with van der Waals surface area (Å²) in [6.45, 7) is 6.55. The molecule has 0 heterocycles. The normalized spacial score (nSPS) is 12.6. The highest BCUT2D eigenvalue weighted by molar-refractivity contribution is 5.71. The maximum Gasteiger partial charge on any atom is 0.306 e. The van der Waals surface area contributed by atoms with Crippen molar-refractivity contribution in [3.8, 4) is 0 Å². The molecule has 0 aromatic rings. The van der Waals surface area contributed by atoms with E-state index in [1.807, 2.05) is 0 Å². The fraction of sp³-hybridized carbons (Fsp3) is 0.773. The summed E-state index contributed by atoms with van der Waals surface area (Å²) in [6, 6.07) is 0. The maximum atomic E-state index is 13.0. The van der Waals surface area contributed by atoms with Crippen molar-refractivity contribution >= 4 is 17.9 Å². The van der Waals surface area contributed by atoms with E-state index in [1.54, 1.807) is 0 Å². The lowest BCUT2D eigenvalue weighted by molar-refractivity contribution is -0.167. The van der Waals surface area contributed by atoms with Gasteiger partial charge < -0.3 is 14.2 Å². The van der Waals surface area contributed by atoms with Crippen LogP contribution in [0.15, 0.2) is 85.1 Å². The standard InChI is InChI=1S/C75H132O6/c1-4-7-10-13-16-19-22-25-28-31-34-36-37-39-41-44-47-50-53-56-59-62-65-68-74(77)80-71-72(70-79-73(76)67-64-61-58-55-52-49-46-43-40-33-30-27-24-21-18-15-12-9-6-3)81-75(78)69-66-63-60-57-54-51-48-45-42-38-35-32-29-26-23-20-17-14-11-8-5-2/h9,12,18,21,23,26-27,30,32,35,40,42-43,45,72H,4-8,10-11,13-17,19-20,22,24-25,28-29,31,33-34,36-39,41,44,46-71H2,1-3H3/b12-9-,21-18-,26-23-,30-27-,35-32-,43-40-,45-42-. The highest BCUT2D eigenvalue weighted by Gasteiger charge is 2.19. The van der Waals surface area contributed by atoms with E-state index in [0.29, 0.717) is 19.3 Å². The SMILES string of the molecule is CC/C=C\C/C=C\C/C=C\C/C=C\CCCCCCCCC(=O)OCC(COC(=O)CCCCCCCCCCCCCCCCCCCCCCCCC)OC(=O)CCCCCCCC/C=C\C/C=C\C/C=C\CCCCCCC. The van der Waals surface area contributed by atoms with Gasteiger partial charge in [0.05, 0.1) is 0 Å². The first-order valence-corrected chi connectivity index (χ1v) is 35.1. The zero-order chi connectivity index (χ0) is 58.5. The average molecular weight is 1130 g/mol. The highest BCUT2D eigenvalue weighted by Crippen LogP contribution is 2.18. The van der Waals surface area contributed by atoms with E-state index in [9.17, 15) is 14.4 Å². The van der Waals surface area contributed by atoms with E-state index >= 15 is 0 Å². The second-order valence-electron chi connectivity index (χ2n) is 23.4. The molecule has 0 saturated heterocycles. The van der Waals surface area contributed by atoms with Gasteiger partial charge in [-0.1, -0.05) is 324 Å². The van der Waals surface area contributed by atoms with Gasteiger partial charge in [-0.2, -0.15) is 0 Å². The Hall–Kier alpha value is -3.41. The first-order valence-electron chi connectivity index (χ1n) is 35.1. The van der Waals surface area contributed by atoms with Crippen LogP contribution in [0.5, 0.6) is 0 Å². The van der Waals surface area contributed by atoms with Gasteiger partial charge in [0.15, 0.2) is 6.10 Å². The van der Waals surface area contributed by atoms with Crippen molar-refractivity contribution in [1.29, 1.82) is 0 Å². The van der Waals surface area contributed by atoms with Crippen molar-refractivity contribution in [3.05, 3.63) is 85.1 Å². The smallest absolute Gasteiger partial charge is 0.306 e. The van der Waals surface area contributed by atoms with Gasteiger partial charge in [-0.3, -0.25) is 14.4 Å². The van der Waals surface area contributed by atoms with Crippen LogP contribution in [0.3, 0.4) is 0 Å². The van der Waals surface area contributed by atoms with Crippen molar-refractivity contribution in [2.45, 2.75) is 361 Å². The molecule has 1 unspecified atom stereocenters. The predicted molar refractivity (Wildman–Crippen MR) is 353 cm³/mol. The van der Waals surface area contributed by atoms with Crippen LogP contribution in [-0.4, -0.2) is 37.2 Å². The van der Waals surface area contributed by atoms with E-state index in [4.69, 9.17) is 14.2 Å². The van der Waals surface area contributed by atoms with Crippen LogP contribution in [0.4, 0.5) is 0 Å². The molecule has 0 rings (SSSR count). The molecular weight excluding hydrogens is 997 g/mol. The molecule has 0 spiro atoms. The summed E-state index contributed by atoms with van der Waals surface area (Å²) in [6.07, 6.45) is 91.7. The van der Waals surface area contributed by atoms with E-state index in [1.165, 1.54) is 199 Å². The van der Waals surface area contributed by atoms with E-state index in [-0.39, 0.29) is 31.1 Å². The summed E-state index contributed by atoms with van der Waals surface area (Å²) in [7, 11) is 0. The Morgan fingerprint density at radius 1 is 0.259 bits per heavy atom. The van der Waals surface area contributed by atoms with Crippen LogP contribution in [0.2, 0.25) is 0 Å². The van der Waals surface area contributed by atoms with Crippen LogP contribution in [0, 0.1) is 0 Å². The van der Waals surface area contributed by atoms with Crippen LogP contribution in [-0.2, 0) is 28.6 Å². The Morgan fingerprint density at radius 3 is 0.753 bits per heavy atom. The molecule has 0 aromatic heterocycles. The molecule has 0 bridgehead atoms. The number of unbranched alkanes of at least 4 members (excludes halogenated alkanes) is 39. The molecule has 0 saturated carbocycles. The highest BCUT2D eigenvalue weighted by atomic mass is 16.6. The molecule has 0 N–H and O–H groups in total. The van der Waals surface area contributed by atoms with Crippen LogP contribution < -0.4 is 0 Å². The van der Waals surface area contributed by atoms with Crippen molar-refractivity contribution in [1.82, 2.24) is 0 Å². The van der Waals surface area contributed by atoms with E-state index < -0.39 is 6.10 Å². The first-order chi connectivity index (χ1) is 40.0. The predicted octanol–water partition coefficient (Wildman–Crippen LogP) is 24.2. The number of esters is 3. The van der Waals surface area contributed by atoms with Crippen molar-refractivity contribution in [2.75, 3.05) is 13.2 Å². The second kappa shape index (κ2) is 69.1. The fourth-order valence-corrected chi connectivity index (χ4v) is 10.2.